The van der Waals surface area contributed by atoms with Crippen LogP contribution in [-0.4, -0.2) is 4.98 Å². The predicted octanol–water partition coefficient (Wildman–Crippen LogP) is 2.04. The number of nitrogens with two attached hydrogens (primary N) is 1. The van der Waals surface area contributed by atoms with Gasteiger partial charge in [0, 0.05) is 4.88 Å². The molecule has 1 aliphatic carbocycles. The average molecular weight is 182 g/mol. The summed E-state index contributed by atoms with van der Waals surface area (Å²) < 4.78 is 0. The number of thiazole rings is 1. The Morgan fingerprint density at radius 3 is 2.83 bits per heavy atom. The molecule has 1 aliphatic rings. The summed E-state index contributed by atoms with van der Waals surface area (Å²) in [7, 11) is 0. The maximum atomic E-state index is 5.77. The van der Waals surface area contributed by atoms with Crippen LogP contribution in [-0.2, 0) is 12.8 Å². The van der Waals surface area contributed by atoms with E-state index in [1.165, 1.54) is 36.3 Å². The van der Waals surface area contributed by atoms with Gasteiger partial charge < -0.3 is 5.73 Å². The van der Waals surface area contributed by atoms with Crippen LogP contribution in [0, 0.1) is 0 Å². The fourth-order valence-corrected chi connectivity index (χ4v) is 2.67. The molecule has 3 heteroatoms. The molecule has 1 atom stereocenters. The van der Waals surface area contributed by atoms with Gasteiger partial charge in [0.05, 0.1) is 11.7 Å². The molecule has 0 spiro atoms. The van der Waals surface area contributed by atoms with Crippen LogP contribution in [0.3, 0.4) is 0 Å². The molecular weight excluding hydrogens is 168 g/mol. The minimum absolute atomic E-state index is 0.112. The highest BCUT2D eigenvalue weighted by Gasteiger charge is 2.16. The van der Waals surface area contributed by atoms with Crippen molar-refractivity contribution in [3.63, 3.8) is 0 Å². The van der Waals surface area contributed by atoms with Gasteiger partial charge in [-0.05, 0) is 32.6 Å². The lowest BCUT2D eigenvalue weighted by Gasteiger charge is -2.06. The smallest absolute Gasteiger partial charge is 0.110 e. The second-order valence-electron chi connectivity index (χ2n) is 3.42. The number of aryl methyl sites for hydroxylation is 2. The van der Waals surface area contributed by atoms with Crippen molar-refractivity contribution < 1.29 is 0 Å². The summed E-state index contributed by atoms with van der Waals surface area (Å²) in [5.74, 6) is 0. The quantitative estimate of drug-likeness (QED) is 0.722. The molecule has 0 aromatic carbocycles. The zero-order valence-electron chi connectivity index (χ0n) is 7.34. The second-order valence-corrected chi connectivity index (χ2v) is 4.53. The molecule has 0 amide bonds. The van der Waals surface area contributed by atoms with E-state index < -0.39 is 0 Å². The largest absolute Gasteiger partial charge is 0.322 e. The molecule has 1 heterocycles. The molecule has 0 saturated heterocycles. The van der Waals surface area contributed by atoms with Crippen LogP contribution < -0.4 is 5.73 Å². The third kappa shape index (κ3) is 1.39. The van der Waals surface area contributed by atoms with Gasteiger partial charge in [0.15, 0.2) is 0 Å². The summed E-state index contributed by atoms with van der Waals surface area (Å²) in [6, 6.07) is 0.112. The molecule has 12 heavy (non-hydrogen) atoms. The summed E-state index contributed by atoms with van der Waals surface area (Å²) in [6.07, 6.45) is 5.01. The number of fused-ring (bicyclic) bond motifs is 1. The Morgan fingerprint density at radius 1 is 1.42 bits per heavy atom. The number of hydrogen-bond acceptors (Lipinski definition) is 3. The first-order chi connectivity index (χ1) is 5.77. The van der Waals surface area contributed by atoms with Gasteiger partial charge in [-0.25, -0.2) is 4.98 Å². The lowest BCUT2D eigenvalue weighted by atomic mass is 10.0. The number of nitrogens with zero attached hydrogens (tertiary/aromatic N) is 1. The standard InChI is InChI=1S/C9H14N2S/c1-6(10)9-11-7-4-2-3-5-8(7)12-9/h6H,2-5,10H2,1H3/t6-/m1/s1. The zero-order valence-corrected chi connectivity index (χ0v) is 8.16. The molecule has 2 N–H and O–H groups in total. The highest BCUT2D eigenvalue weighted by atomic mass is 32.1. The van der Waals surface area contributed by atoms with E-state index >= 15 is 0 Å². The van der Waals surface area contributed by atoms with E-state index in [-0.39, 0.29) is 6.04 Å². The Kier molecular flexibility index (Phi) is 2.15. The highest BCUT2D eigenvalue weighted by Crippen LogP contribution is 2.28. The molecule has 2 rings (SSSR count). The fraction of sp³-hybridized carbons (Fsp3) is 0.667. The number of hydrogen-bond donors (Lipinski definition) is 1. The van der Waals surface area contributed by atoms with Crippen LogP contribution in [0.15, 0.2) is 0 Å². The first-order valence-corrected chi connectivity index (χ1v) is 5.33. The predicted molar refractivity (Wildman–Crippen MR) is 51.4 cm³/mol. The van der Waals surface area contributed by atoms with Gasteiger partial charge in [-0.2, -0.15) is 0 Å². The van der Waals surface area contributed by atoms with E-state index in [0.717, 1.165) is 5.01 Å². The van der Waals surface area contributed by atoms with Gasteiger partial charge in [0.1, 0.15) is 5.01 Å². The van der Waals surface area contributed by atoms with Crippen LogP contribution in [0.2, 0.25) is 0 Å². The van der Waals surface area contributed by atoms with Crippen molar-refractivity contribution >= 4 is 11.3 Å². The lowest BCUT2D eigenvalue weighted by molar-refractivity contribution is 0.677. The summed E-state index contributed by atoms with van der Waals surface area (Å²) in [5.41, 5.74) is 7.09. The van der Waals surface area contributed by atoms with Crippen LogP contribution in [0.1, 0.15) is 41.4 Å². The van der Waals surface area contributed by atoms with Crippen molar-refractivity contribution in [3.05, 3.63) is 15.6 Å². The van der Waals surface area contributed by atoms with Crippen LogP contribution in [0.4, 0.5) is 0 Å². The van der Waals surface area contributed by atoms with Crippen LogP contribution in [0.25, 0.3) is 0 Å². The molecule has 0 unspecified atom stereocenters. The van der Waals surface area contributed by atoms with Crippen LogP contribution in [0.5, 0.6) is 0 Å². The molecule has 66 valence electrons. The van der Waals surface area contributed by atoms with E-state index in [1.807, 2.05) is 18.3 Å². The van der Waals surface area contributed by atoms with Crippen molar-refractivity contribution in [2.45, 2.75) is 38.6 Å². The van der Waals surface area contributed by atoms with Gasteiger partial charge in [-0.3, -0.25) is 0 Å². The average Bonchev–Trinajstić information content (AvgIpc) is 2.46. The maximum absolute atomic E-state index is 5.77. The van der Waals surface area contributed by atoms with Crippen molar-refractivity contribution in [1.82, 2.24) is 4.98 Å². The lowest BCUT2D eigenvalue weighted by Crippen LogP contribution is -2.04. The molecule has 1 aromatic heterocycles. The van der Waals surface area contributed by atoms with E-state index in [9.17, 15) is 0 Å². The summed E-state index contributed by atoms with van der Waals surface area (Å²) >= 11 is 1.81. The maximum Gasteiger partial charge on any atom is 0.110 e. The molecule has 0 fully saturated rings. The third-order valence-corrected chi connectivity index (χ3v) is 3.61. The summed E-state index contributed by atoms with van der Waals surface area (Å²) in [6.45, 7) is 2.00. The van der Waals surface area contributed by atoms with Crippen molar-refractivity contribution in [3.8, 4) is 0 Å². The monoisotopic (exact) mass is 182 g/mol. The first-order valence-electron chi connectivity index (χ1n) is 4.51. The highest BCUT2D eigenvalue weighted by molar-refractivity contribution is 7.11. The minimum Gasteiger partial charge on any atom is -0.322 e. The van der Waals surface area contributed by atoms with E-state index in [4.69, 9.17) is 5.73 Å². The summed E-state index contributed by atoms with van der Waals surface area (Å²) in [4.78, 5) is 6.02. The SMILES string of the molecule is C[C@@H](N)c1nc2c(s1)CCCC2. The van der Waals surface area contributed by atoms with Gasteiger partial charge in [-0.15, -0.1) is 11.3 Å². The molecular formula is C9H14N2S. The molecule has 1 aromatic rings. The molecule has 0 radical (unpaired) electrons. The molecule has 0 saturated carbocycles. The van der Waals surface area contributed by atoms with E-state index in [2.05, 4.69) is 4.98 Å². The van der Waals surface area contributed by atoms with Crippen molar-refractivity contribution in [2.24, 2.45) is 5.73 Å². The molecule has 0 bridgehead atoms. The topological polar surface area (TPSA) is 38.9 Å². The van der Waals surface area contributed by atoms with E-state index in [1.54, 1.807) is 0 Å². The van der Waals surface area contributed by atoms with E-state index in [0.29, 0.717) is 0 Å². The van der Waals surface area contributed by atoms with Gasteiger partial charge in [-0.1, -0.05) is 0 Å². The molecule has 0 aliphatic heterocycles. The third-order valence-electron chi connectivity index (χ3n) is 2.25. The Hall–Kier alpha value is -0.410. The van der Waals surface area contributed by atoms with Gasteiger partial charge >= 0.3 is 0 Å². The number of aromatic nitrogens is 1. The zero-order chi connectivity index (χ0) is 8.55. The Bertz CT molecular complexity index is 255. The Labute approximate surface area is 76.8 Å². The Morgan fingerprint density at radius 2 is 2.17 bits per heavy atom. The molecule has 2 nitrogen and oxygen atoms in total. The second kappa shape index (κ2) is 3.15. The van der Waals surface area contributed by atoms with Gasteiger partial charge in [0.2, 0.25) is 0 Å². The van der Waals surface area contributed by atoms with Gasteiger partial charge in [0.25, 0.3) is 0 Å². The minimum atomic E-state index is 0.112. The Balaban J connectivity index is 2.32. The van der Waals surface area contributed by atoms with Crippen molar-refractivity contribution in [1.29, 1.82) is 0 Å². The summed E-state index contributed by atoms with van der Waals surface area (Å²) in [5, 5.41) is 1.11. The normalized spacial score (nSPS) is 18.8. The fourth-order valence-electron chi connectivity index (χ4n) is 1.57. The number of rotatable bonds is 1. The van der Waals surface area contributed by atoms with Crippen molar-refractivity contribution in [2.75, 3.05) is 0 Å². The first kappa shape index (κ1) is 8.20. The van der Waals surface area contributed by atoms with Crippen LogP contribution >= 0.6 is 11.3 Å².